The van der Waals surface area contributed by atoms with Crippen LogP contribution in [0.4, 0.5) is 11.4 Å². The van der Waals surface area contributed by atoms with Crippen LogP contribution in [0.25, 0.3) is 0 Å². The number of amides is 3. The number of rotatable bonds is 7. The number of primary amides is 1. The summed E-state index contributed by atoms with van der Waals surface area (Å²) in [6.07, 6.45) is 0. The maximum Gasteiger partial charge on any atom is 0.273 e. The van der Waals surface area contributed by atoms with E-state index in [0.717, 1.165) is 11.5 Å². The smallest absolute Gasteiger partial charge is 0.273 e. The second-order valence-electron chi connectivity index (χ2n) is 8.70. The number of methoxy groups -OCH3 is 1. The third-order valence-electron chi connectivity index (χ3n) is 4.92. The fourth-order valence-corrected chi connectivity index (χ4v) is 4.23. The van der Waals surface area contributed by atoms with Crippen LogP contribution in [-0.2, 0) is 4.79 Å². The Morgan fingerprint density at radius 3 is 2.17 bits per heavy atom. The molecule has 1 heterocycles. The maximum atomic E-state index is 13.9. The maximum absolute atomic E-state index is 13.9. The van der Waals surface area contributed by atoms with E-state index in [2.05, 4.69) is 9.69 Å². The van der Waals surface area contributed by atoms with Gasteiger partial charge in [0, 0.05) is 16.2 Å². The summed E-state index contributed by atoms with van der Waals surface area (Å²) in [4.78, 5) is 40.5. The van der Waals surface area contributed by atoms with Crippen molar-refractivity contribution in [1.29, 1.82) is 0 Å². The summed E-state index contributed by atoms with van der Waals surface area (Å²) >= 11 is 6.82. The Morgan fingerprint density at radius 1 is 1.09 bits per heavy atom. The second-order valence-corrected chi connectivity index (χ2v) is 9.91. The van der Waals surface area contributed by atoms with Gasteiger partial charge in [-0.1, -0.05) is 23.7 Å². The van der Waals surface area contributed by atoms with E-state index < -0.39 is 29.3 Å². The average Bonchev–Trinajstić information content (AvgIpc) is 3.18. The largest absolute Gasteiger partial charge is 0.497 e. The van der Waals surface area contributed by atoms with Crippen LogP contribution in [0.2, 0.25) is 5.02 Å². The number of nitrogens with zero attached hydrogens (tertiary/aromatic N) is 2. The number of halogens is 1. The van der Waals surface area contributed by atoms with Gasteiger partial charge in [-0.25, -0.2) is 0 Å². The molecule has 35 heavy (non-hydrogen) atoms. The molecule has 3 aromatic rings. The molecule has 0 aliphatic carbocycles. The molecule has 0 aliphatic heterocycles. The Labute approximate surface area is 212 Å². The van der Waals surface area contributed by atoms with Gasteiger partial charge in [-0.15, -0.1) is 0 Å². The average molecular weight is 516 g/mol. The van der Waals surface area contributed by atoms with Crippen LogP contribution in [0.5, 0.6) is 5.75 Å². The van der Waals surface area contributed by atoms with E-state index in [-0.39, 0.29) is 16.3 Å². The zero-order valence-corrected chi connectivity index (χ0v) is 21.2. The Bertz CT molecular complexity index is 1240. The van der Waals surface area contributed by atoms with Crippen molar-refractivity contribution in [2.24, 2.45) is 5.73 Å². The van der Waals surface area contributed by atoms with Crippen molar-refractivity contribution in [3.63, 3.8) is 0 Å². The first-order valence-corrected chi connectivity index (χ1v) is 11.7. The highest BCUT2D eigenvalue weighted by atomic mass is 35.5. The minimum absolute atomic E-state index is 0.0165. The summed E-state index contributed by atoms with van der Waals surface area (Å²) in [7, 11) is 1.52. The summed E-state index contributed by atoms with van der Waals surface area (Å²) in [6.45, 7) is 5.51. The highest BCUT2D eigenvalue weighted by molar-refractivity contribution is 7.09. The highest BCUT2D eigenvalue weighted by Crippen LogP contribution is 2.34. The van der Waals surface area contributed by atoms with E-state index in [1.54, 1.807) is 48.5 Å². The van der Waals surface area contributed by atoms with Crippen molar-refractivity contribution in [2.75, 3.05) is 17.7 Å². The number of aromatic nitrogens is 1. The van der Waals surface area contributed by atoms with Crippen molar-refractivity contribution in [3.05, 3.63) is 69.7 Å². The Balaban J connectivity index is 2.23. The molecular weight excluding hydrogens is 490 g/mol. The lowest BCUT2D eigenvalue weighted by Gasteiger charge is -2.33. The van der Waals surface area contributed by atoms with Crippen LogP contribution < -0.4 is 26.4 Å². The number of nitrogen functional groups attached to an aromatic ring is 1. The van der Waals surface area contributed by atoms with Crippen molar-refractivity contribution < 1.29 is 19.1 Å². The molecule has 0 saturated carbocycles. The number of carbonyl (C=O) groups excluding carboxylic acids is 3. The van der Waals surface area contributed by atoms with Gasteiger partial charge >= 0.3 is 0 Å². The second kappa shape index (κ2) is 10.3. The van der Waals surface area contributed by atoms with Gasteiger partial charge in [0.1, 0.15) is 16.7 Å². The molecule has 0 aliphatic rings. The number of hydrogen-bond acceptors (Lipinski definition) is 7. The van der Waals surface area contributed by atoms with Crippen molar-refractivity contribution in [3.8, 4) is 5.75 Å². The van der Waals surface area contributed by atoms with Crippen LogP contribution in [0.1, 0.15) is 52.5 Å². The van der Waals surface area contributed by atoms with Crippen molar-refractivity contribution >= 4 is 52.2 Å². The van der Waals surface area contributed by atoms with Gasteiger partial charge in [-0.2, -0.15) is 4.37 Å². The van der Waals surface area contributed by atoms with Crippen LogP contribution in [0.15, 0.2) is 48.5 Å². The molecule has 9 nitrogen and oxygen atoms in total. The lowest BCUT2D eigenvalue weighted by atomic mass is 10.0. The third kappa shape index (κ3) is 5.90. The molecule has 0 bridgehead atoms. The van der Waals surface area contributed by atoms with Gasteiger partial charge in [-0.05, 0) is 74.3 Å². The zero-order valence-electron chi connectivity index (χ0n) is 19.7. The molecular formula is C24H26ClN5O4S. The molecule has 1 atom stereocenters. The number of hydrogen-bond donors (Lipinski definition) is 3. The summed E-state index contributed by atoms with van der Waals surface area (Å²) in [5, 5.41) is 3.42. The normalized spacial score (nSPS) is 12.0. The van der Waals surface area contributed by atoms with Gasteiger partial charge in [0.25, 0.3) is 11.8 Å². The standard InChI is InChI=1S/C24H26ClN5O4S/c1-24(2,3)28-22(32)19(13-5-7-14(25)8-6-13)30(15-9-11-16(34-4)12-10-15)23(33)20-17(26)18(21(27)31)29-35-20/h5-12,19H,26H2,1-4H3,(H2,27,31)(H,28,32). The van der Waals surface area contributed by atoms with Gasteiger partial charge in [0.15, 0.2) is 5.69 Å². The predicted molar refractivity (Wildman–Crippen MR) is 137 cm³/mol. The van der Waals surface area contributed by atoms with E-state index >= 15 is 0 Å². The van der Waals surface area contributed by atoms with Gasteiger partial charge in [0.2, 0.25) is 5.91 Å². The molecule has 5 N–H and O–H groups in total. The minimum atomic E-state index is -1.11. The molecule has 0 radical (unpaired) electrons. The summed E-state index contributed by atoms with van der Waals surface area (Å²) in [6, 6.07) is 12.1. The summed E-state index contributed by atoms with van der Waals surface area (Å²) < 4.78 is 9.18. The van der Waals surface area contributed by atoms with Gasteiger partial charge in [-0.3, -0.25) is 19.3 Å². The molecule has 1 unspecified atom stereocenters. The van der Waals surface area contributed by atoms with Crippen LogP contribution >= 0.6 is 23.1 Å². The Hall–Kier alpha value is -3.63. The van der Waals surface area contributed by atoms with Crippen LogP contribution in [0, 0.1) is 0 Å². The van der Waals surface area contributed by atoms with E-state index in [0.29, 0.717) is 22.0 Å². The number of anilines is 2. The number of benzene rings is 2. The first-order valence-electron chi connectivity index (χ1n) is 10.5. The number of nitrogens with one attached hydrogen (secondary N) is 1. The monoisotopic (exact) mass is 515 g/mol. The summed E-state index contributed by atoms with van der Waals surface area (Å²) in [5.74, 6) is -1.34. The topological polar surface area (TPSA) is 141 Å². The Morgan fingerprint density at radius 2 is 1.69 bits per heavy atom. The van der Waals surface area contributed by atoms with Crippen LogP contribution in [-0.4, -0.2) is 34.7 Å². The van der Waals surface area contributed by atoms with Crippen molar-refractivity contribution in [1.82, 2.24) is 9.69 Å². The quantitative estimate of drug-likeness (QED) is 0.437. The molecule has 0 spiro atoms. The van der Waals surface area contributed by atoms with Crippen LogP contribution in [0.3, 0.4) is 0 Å². The van der Waals surface area contributed by atoms with E-state index in [1.807, 2.05) is 20.8 Å². The third-order valence-corrected chi connectivity index (χ3v) is 6.02. The zero-order chi connectivity index (χ0) is 25.9. The number of carbonyl (C=O) groups is 3. The SMILES string of the molecule is COc1ccc(N(C(=O)c2snc(C(N)=O)c2N)C(C(=O)NC(C)(C)C)c2ccc(Cl)cc2)cc1. The van der Waals surface area contributed by atoms with Gasteiger partial charge in [0.05, 0.1) is 12.8 Å². The highest BCUT2D eigenvalue weighted by Gasteiger charge is 2.37. The fourth-order valence-electron chi connectivity index (χ4n) is 3.37. The fraction of sp³-hybridized carbons (Fsp3) is 0.250. The van der Waals surface area contributed by atoms with Crippen molar-refractivity contribution in [2.45, 2.75) is 32.4 Å². The molecule has 11 heteroatoms. The first-order chi connectivity index (χ1) is 16.4. The predicted octanol–water partition coefficient (Wildman–Crippen LogP) is 3.79. The summed E-state index contributed by atoms with van der Waals surface area (Å²) in [5.41, 5.74) is 11.4. The number of nitrogens with two attached hydrogens (primary N) is 2. The first kappa shape index (κ1) is 26.0. The molecule has 0 fully saturated rings. The minimum Gasteiger partial charge on any atom is -0.497 e. The molecule has 1 aromatic heterocycles. The van der Waals surface area contributed by atoms with Gasteiger partial charge < -0.3 is 21.5 Å². The van der Waals surface area contributed by atoms with E-state index in [9.17, 15) is 14.4 Å². The Kier molecular flexibility index (Phi) is 7.67. The van der Waals surface area contributed by atoms with E-state index in [1.165, 1.54) is 12.0 Å². The molecule has 3 amide bonds. The number of ether oxygens (including phenoxy) is 1. The lowest BCUT2D eigenvalue weighted by molar-refractivity contribution is -0.123. The molecule has 2 aromatic carbocycles. The molecule has 184 valence electrons. The van der Waals surface area contributed by atoms with E-state index in [4.69, 9.17) is 27.8 Å². The lowest BCUT2D eigenvalue weighted by Crippen LogP contribution is -2.49. The molecule has 0 saturated heterocycles. The molecule has 3 rings (SSSR count).